The van der Waals surface area contributed by atoms with E-state index < -0.39 is 5.92 Å². The van der Waals surface area contributed by atoms with E-state index in [-0.39, 0.29) is 0 Å². The fraction of sp³-hybridized carbons (Fsp3) is 0.600. The van der Waals surface area contributed by atoms with Crippen molar-refractivity contribution in [3.05, 3.63) is 0 Å². The van der Waals surface area contributed by atoms with Gasteiger partial charge < -0.3 is 0 Å². The van der Waals surface area contributed by atoms with Gasteiger partial charge in [-0.3, -0.25) is 0 Å². The molecule has 0 bridgehead atoms. The van der Waals surface area contributed by atoms with Crippen LogP contribution >= 0.6 is 12.6 Å². The lowest BCUT2D eigenvalue weighted by Gasteiger charge is -1.89. The van der Waals surface area contributed by atoms with Crippen LogP contribution in [0.15, 0.2) is 0 Å². The summed E-state index contributed by atoms with van der Waals surface area (Å²) in [6.07, 6.45) is 0.566. The summed E-state index contributed by atoms with van der Waals surface area (Å²) in [4.78, 5) is 0. The van der Waals surface area contributed by atoms with Crippen LogP contribution in [0.2, 0.25) is 0 Å². The second-order valence-corrected chi connectivity index (χ2v) is 1.77. The van der Waals surface area contributed by atoms with Crippen LogP contribution in [0.4, 0.5) is 0 Å². The number of thiol groups is 1. The molecule has 0 aliphatic heterocycles. The Balaban J connectivity index is 3.46. The Morgan fingerprint density at radius 3 is 2.00 bits per heavy atom. The Morgan fingerprint density at radius 1 is 1.38 bits per heavy atom. The van der Waals surface area contributed by atoms with Crippen molar-refractivity contribution < 1.29 is 0 Å². The van der Waals surface area contributed by atoms with Crippen molar-refractivity contribution in [2.75, 3.05) is 5.75 Å². The van der Waals surface area contributed by atoms with Crippen LogP contribution in [-0.2, 0) is 0 Å². The number of rotatable bonds is 2. The summed E-state index contributed by atoms with van der Waals surface area (Å²) in [6.45, 7) is 0. The third-order valence-electron chi connectivity index (χ3n) is 0.729. The highest BCUT2D eigenvalue weighted by molar-refractivity contribution is 7.80. The monoisotopic (exact) mass is 126 g/mol. The molecule has 0 N–H and O–H groups in total. The largest absolute Gasteiger partial charge is 0.197 e. The third-order valence-corrected chi connectivity index (χ3v) is 0.988. The molecule has 0 amide bonds. The number of nitriles is 2. The minimum atomic E-state index is -0.465. The molecule has 0 saturated heterocycles. The van der Waals surface area contributed by atoms with Gasteiger partial charge in [0.1, 0.15) is 5.92 Å². The minimum Gasteiger partial charge on any atom is -0.197 e. The van der Waals surface area contributed by atoms with Crippen molar-refractivity contribution in [3.8, 4) is 12.1 Å². The minimum absolute atomic E-state index is 0.465. The van der Waals surface area contributed by atoms with Crippen molar-refractivity contribution in [3.63, 3.8) is 0 Å². The van der Waals surface area contributed by atoms with E-state index in [1.165, 1.54) is 0 Å². The van der Waals surface area contributed by atoms with Gasteiger partial charge >= 0.3 is 0 Å². The van der Waals surface area contributed by atoms with Gasteiger partial charge in [0.25, 0.3) is 0 Å². The molecule has 42 valence electrons. The van der Waals surface area contributed by atoms with Gasteiger partial charge in [-0.05, 0) is 12.2 Å². The number of nitrogens with zero attached hydrogens (tertiary/aromatic N) is 2. The Kier molecular flexibility index (Phi) is 4.11. The molecular weight excluding hydrogens is 120 g/mol. The second-order valence-electron chi connectivity index (χ2n) is 1.32. The van der Waals surface area contributed by atoms with E-state index in [1.54, 1.807) is 0 Å². The van der Waals surface area contributed by atoms with Crippen LogP contribution in [-0.4, -0.2) is 5.75 Å². The first-order chi connectivity index (χ1) is 3.85. The molecule has 0 saturated carbocycles. The molecule has 3 heteroatoms. The summed E-state index contributed by atoms with van der Waals surface area (Å²) in [5, 5.41) is 16.3. The summed E-state index contributed by atoms with van der Waals surface area (Å²) in [6, 6.07) is 3.69. The summed E-state index contributed by atoms with van der Waals surface area (Å²) in [7, 11) is 0. The maximum Gasteiger partial charge on any atom is 0.134 e. The second kappa shape index (κ2) is 4.49. The standard InChI is InChI=1S/C5H6N2S/c6-3-5(4-7)1-2-8/h5,8H,1-2H2. The van der Waals surface area contributed by atoms with E-state index >= 15 is 0 Å². The molecule has 0 heterocycles. The lowest BCUT2D eigenvalue weighted by atomic mass is 10.1. The van der Waals surface area contributed by atoms with Gasteiger partial charge in [0.15, 0.2) is 0 Å². The van der Waals surface area contributed by atoms with E-state index in [0.717, 1.165) is 0 Å². The molecule has 0 atom stereocenters. The van der Waals surface area contributed by atoms with Gasteiger partial charge in [0.2, 0.25) is 0 Å². The first-order valence-electron chi connectivity index (χ1n) is 2.25. The molecule has 0 aromatic heterocycles. The first-order valence-corrected chi connectivity index (χ1v) is 2.88. The van der Waals surface area contributed by atoms with Gasteiger partial charge in [-0.2, -0.15) is 23.2 Å². The molecule has 8 heavy (non-hydrogen) atoms. The molecule has 0 unspecified atom stereocenters. The van der Waals surface area contributed by atoms with Crippen LogP contribution in [0.1, 0.15) is 6.42 Å². The lowest BCUT2D eigenvalue weighted by Crippen LogP contribution is -1.91. The highest BCUT2D eigenvalue weighted by Crippen LogP contribution is 1.98. The van der Waals surface area contributed by atoms with Crippen molar-refractivity contribution >= 4 is 12.6 Å². The first kappa shape index (κ1) is 7.33. The van der Waals surface area contributed by atoms with E-state index in [0.29, 0.717) is 12.2 Å². The van der Waals surface area contributed by atoms with E-state index in [4.69, 9.17) is 10.5 Å². The highest BCUT2D eigenvalue weighted by Gasteiger charge is 2.00. The summed E-state index contributed by atoms with van der Waals surface area (Å²) in [5.41, 5.74) is 0. The van der Waals surface area contributed by atoms with Gasteiger partial charge in [-0.15, -0.1) is 0 Å². The number of hydrogen-bond donors (Lipinski definition) is 1. The molecule has 0 aliphatic carbocycles. The highest BCUT2D eigenvalue weighted by atomic mass is 32.1. The molecule has 0 aliphatic rings. The molecule has 0 rings (SSSR count). The molecule has 0 fully saturated rings. The molecule has 2 nitrogen and oxygen atoms in total. The maximum absolute atomic E-state index is 8.15. The van der Waals surface area contributed by atoms with Crippen molar-refractivity contribution in [1.29, 1.82) is 10.5 Å². The zero-order chi connectivity index (χ0) is 6.41. The molecule has 0 spiro atoms. The Hall–Kier alpha value is -0.670. The van der Waals surface area contributed by atoms with E-state index in [2.05, 4.69) is 12.6 Å². The predicted molar refractivity (Wildman–Crippen MR) is 33.2 cm³/mol. The molecule has 0 aromatic rings. The molecular formula is C5H6N2S. The quantitative estimate of drug-likeness (QED) is 0.560. The van der Waals surface area contributed by atoms with Crippen LogP contribution < -0.4 is 0 Å². The summed E-state index contributed by atoms with van der Waals surface area (Å²) >= 11 is 3.87. The van der Waals surface area contributed by atoms with Crippen molar-refractivity contribution in [2.45, 2.75) is 6.42 Å². The fourth-order valence-electron chi connectivity index (χ4n) is 0.287. The van der Waals surface area contributed by atoms with E-state index in [1.807, 2.05) is 12.1 Å². The van der Waals surface area contributed by atoms with Crippen molar-refractivity contribution in [2.24, 2.45) is 5.92 Å². The average Bonchev–Trinajstić information content (AvgIpc) is 1.83. The van der Waals surface area contributed by atoms with Crippen LogP contribution in [0.3, 0.4) is 0 Å². The smallest absolute Gasteiger partial charge is 0.134 e. The number of hydrogen-bond acceptors (Lipinski definition) is 3. The normalized spacial score (nSPS) is 8.00. The maximum atomic E-state index is 8.15. The summed E-state index contributed by atoms with van der Waals surface area (Å²) in [5.74, 6) is 0.138. The van der Waals surface area contributed by atoms with Crippen LogP contribution in [0.25, 0.3) is 0 Å². The predicted octanol–water partition coefficient (Wildman–Crippen LogP) is 0.970. The zero-order valence-corrected chi connectivity index (χ0v) is 5.23. The Bertz CT molecular complexity index is 116. The van der Waals surface area contributed by atoms with Crippen LogP contribution in [0, 0.1) is 28.6 Å². The van der Waals surface area contributed by atoms with E-state index in [9.17, 15) is 0 Å². The topological polar surface area (TPSA) is 47.6 Å². The SMILES string of the molecule is N#CC(C#N)CCS. The lowest BCUT2D eigenvalue weighted by molar-refractivity contribution is 0.813. The molecule has 0 radical (unpaired) electrons. The van der Waals surface area contributed by atoms with Gasteiger partial charge in [0, 0.05) is 0 Å². The fourth-order valence-corrected chi connectivity index (χ4v) is 0.545. The zero-order valence-electron chi connectivity index (χ0n) is 4.33. The van der Waals surface area contributed by atoms with Gasteiger partial charge in [0.05, 0.1) is 12.1 Å². The third kappa shape index (κ3) is 2.49. The van der Waals surface area contributed by atoms with Crippen LogP contribution in [0.5, 0.6) is 0 Å². The summed E-state index contributed by atoms with van der Waals surface area (Å²) < 4.78 is 0. The Morgan fingerprint density at radius 2 is 1.88 bits per heavy atom. The molecule has 0 aromatic carbocycles. The Labute approximate surface area is 54.1 Å². The average molecular weight is 126 g/mol. The van der Waals surface area contributed by atoms with Crippen molar-refractivity contribution in [1.82, 2.24) is 0 Å². The van der Waals surface area contributed by atoms with Gasteiger partial charge in [-0.1, -0.05) is 0 Å². The van der Waals surface area contributed by atoms with Gasteiger partial charge in [-0.25, -0.2) is 0 Å².